The Kier molecular flexibility index (Phi) is 5.98. The van der Waals surface area contributed by atoms with Gasteiger partial charge in [-0.2, -0.15) is 0 Å². The molecule has 0 bridgehead atoms. The van der Waals surface area contributed by atoms with Crippen molar-refractivity contribution in [2.45, 2.75) is 44.7 Å². The Morgan fingerprint density at radius 3 is 2.30 bits per heavy atom. The third kappa shape index (κ3) is 4.19. The van der Waals surface area contributed by atoms with Crippen LogP contribution in [-0.2, 0) is 10.0 Å². The van der Waals surface area contributed by atoms with E-state index in [1.807, 2.05) is 18.7 Å². The van der Waals surface area contributed by atoms with Gasteiger partial charge in [-0.1, -0.05) is 12.1 Å². The van der Waals surface area contributed by atoms with Crippen molar-refractivity contribution in [2.24, 2.45) is 0 Å². The zero-order valence-corrected chi connectivity index (χ0v) is 13.3. The van der Waals surface area contributed by atoms with Gasteiger partial charge in [0.05, 0.1) is 12.3 Å². The number of sulfonamides is 1. The van der Waals surface area contributed by atoms with Crippen LogP contribution in [0.2, 0.25) is 0 Å². The van der Waals surface area contributed by atoms with Crippen LogP contribution in [0.1, 0.15) is 27.7 Å². The van der Waals surface area contributed by atoms with Crippen molar-refractivity contribution in [3.8, 4) is 0 Å². The number of nitrogens with zero attached hydrogens (tertiary/aromatic N) is 1. The van der Waals surface area contributed by atoms with E-state index in [2.05, 4.69) is 4.72 Å². The maximum atomic E-state index is 12.4. The molecule has 0 unspecified atom stereocenters. The predicted octanol–water partition coefficient (Wildman–Crippen LogP) is 1.58. The van der Waals surface area contributed by atoms with E-state index in [0.29, 0.717) is 12.2 Å². The maximum absolute atomic E-state index is 12.4. The largest absolute Gasteiger partial charge is 0.395 e. The minimum Gasteiger partial charge on any atom is -0.395 e. The molecule has 0 aromatic heterocycles. The Labute approximate surface area is 121 Å². The highest BCUT2D eigenvalue weighted by Crippen LogP contribution is 2.26. The van der Waals surface area contributed by atoms with Crippen LogP contribution < -0.4 is 9.62 Å². The first kappa shape index (κ1) is 16.9. The monoisotopic (exact) mass is 300 g/mol. The third-order valence-corrected chi connectivity index (χ3v) is 4.53. The molecule has 0 aliphatic carbocycles. The minimum atomic E-state index is -3.56. The first-order chi connectivity index (χ1) is 9.29. The second-order valence-corrected chi connectivity index (χ2v) is 6.94. The summed E-state index contributed by atoms with van der Waals surface area (Å²) >= 11 is 0. The lowest BCUT2D eigenvalue weighted by Gasteiger charge is -2.30. The van der Waals surface area contributed by atoms with Crippen molar-refractivity contribution < 1.29 is 13.5 Å². The van der Waals surface area contributed by atoms with Gasteiger partial charge >= 0.3 is 0 Å². The topological polar surface area (TPSA) is 69.6 Å². The molecule has 0 spiro atoms. The summed E-state index contributed by atoms with van der Waals surface area (Å²) in [5.41, 5.74) is 0.615. The summed E-state index contributed by atoms with van der Waals surface area (Å²) in [6.45, 7) is 7.88. The highest BCUT2D eigenvalue weighted by atomic mass is 32.2. The Hall–Kier alpha value is -1.11. The molecule has 2 N–H and O–H groups in total. The SMILES string of the molecule is CC(C)NS(=O)(=O)c1ccccc1N(CCO)C(C)C. The highest BCUT2D eigenvalue weighted by Gasteiger charge is 2.23. The van der Waals surface area contributed by atoms with Gasteiger partial charge in [0.2, 0.25) is 10.0 Å². The zero-order chi connectivity index (χ0) is 15.3. The van der Waals surface area contributed by atoms with Gasteiger partial charge in [0.1, 0.15) is 4.90 Å². The molecule has 114 valence electrons. The fourth-order valence-electron chi connectivity index (χ4n) is 2.06. The Morgan fingerprint density at radius 1 is 1.20 bits per heavy atom. The summed E-state index contributed by atoms with van der Waals surface area (Å²) in [6, 6.07) is 6.79. The van der Waals surface area contributed by atoms with Crippen molar-refractivity contribution >= 4 is 15.7 Å². The Morgan fingerprint density at radius 2 is 1.80 bits per heavy atom. The molecule has 6 heteroatoms. The minimum absolute atomic E-state index is 0.0236. The van der Waals surface area contributed by atoms with Gasteiger partial charge in [0.25, 0.3) is 0 Å². The molecule has 1 rings (SSSR count). The maximum Gasteiger partial charge on any atom is 0.242 e. The van der Waals surface area contributed by atoms with Crippen LogP contribution in [0.4, 0.5) is 5.69 Å². The molecule has 20 heavy (non-hydrogen) atoms. The molecule has 5 nitrogen and oxygen atoms in total. The van der Waals surface area contributed by atoms with Gasteiger partial charge in [-0.05, 0) is 39.8 Å². The average molecular weight is 300 g/mol. The molecular formula is C14H24N2O3S. The molecule has 1 aromatic carbocycles. The van der Waals surface area contributed by atoms with Gasteiger partial charge in [-0.25, -0.2) is 13.1 Å². The summed E-state index contributed by atoms with van der Waals surface area (Å²) in [4.78, 5) is 2.13. The number of hydrogen-bond donors (Lipinski definition) is 2. The Bertz CT molecular complexity index is 527. The lowest BCUT2D eigenvalue weighted by Crippen LogP contribution is -2.36. The first-order valence-electron chi connectivity index (χ1n) is 6.78. The summed E-state index contributed by atoms with van der Waals surface area (Å²) < 4.78 is 27.4. The molecule has 0 fully saturated rings. The number of hydrogen-bond acceptors (Lipinski definition) is 4. The van der Waals surface area contributed by atoms with Crippen LogP contribution in [0.3, 0.4) is 0 Å². The number of nitrogens with one attached hydrogen (secondary N) is 1. The van der Waals surface area contributed by atoms with Crippen LogP contribution in [0.25, 0.3) is 0 Å². The quantitative estimate of drug-likeness (QED) is 0.802. The van der Waals surface area contributed by atoms with Crippen molar-refractivity contribution in [3.05, 3.63) is 24.3 Å². The summed E-state index contributed by atoms with van der Waals surface area (Å²) in [6.07, 6.45) is 0. The smallest absolute Gasteiger partial charge is 0.242 e. The molecule has 0 amide bonds. The molecular weight excluding hydrogens is 276 g/mol. The molecule has 0 aliphatic rings. The molecule has 0 radical (unpaired) electrons. The van der Waals surface area contributed by atoms with Crippen LogP contribution >= 0.6 is 0 Å². The van der Waals surface area contributed by atoms with E-state index in [9.17, 15) is 13.5 Å². The van der Waals surface area contributed by atoms with Gasteiger partial charge in [-0.3, -0.25) is 0 Å². The number of aliphatic hydroxyl groups excluding tert-OH is 1. The van der Waals surface area contributed by atoms with Crippen LogP contribution in [0, 0.1) is 0 Å². The summed E-state index contributed by atoms with van der Waals surface area (Å²) in [5, 5.41) is 9.18. The summed E-state index contributed by atoms with van der Waals surface area (Å²) in [5.74, 6) is 0. The fourth-order valence-corrected chi connectivity index (χ4v) is 3.53. The number of para-hydroxylation sites is 1. The Balaban J connectivity index is 3.29. The number of rotatable bonds is 7. The third-order valence-electron chi connectivity index (χ3n) is 2.82. The van der Waals surface area contributed by atoms with Crippen molar-refractivity contribution in [2.75, 3.05) is 18.1 Å². The van der Waals surface area contributed by atoms with E-state index in [-0.39, 0.29) is 23.6 Å². The predicted molar refractivity (Wildman–Crippen MR) is 81.5 cm³/mol. The molecule has 0 saturated heterocycles. The van der Waals surface area contributed by atoms with Crippen molar-refractivity contribution in [1.29, 1.82) is 0 Å². The van der Waals surface area contributed by atoms with Crippen molar-refractivity contribution in [3.63, 3.8) is 0 Å². The second-order valence-electron chi connectivity index (χ2n) is 5.25. The van der Waals surface area contributed by atoms with Gasteiger partial charge in [0, 0.05) is 18.6 Å². The van der Waals surface area contributed by atoms with E-state index >= 15 is 0 Å². The number of anilines is 1. The molecule has 0 aliphatic heterocycles. The average Bonchev–Trinajstić information content (AvgIpc) is 2.34. The fraction of sp³-hybridized carbons (Fsp3) is 0.571. The second kappa shape index (κ2) is 7.06. The van der Waals surface area contributed by atoms with E-state index in [1.54, 1.807) is 38.1 Å². The standard InChI is InChI=1S/C14H24N2O3S/c1-11(2)15-20(18,19)14-8-6-5-7-13(14)16(9-10-17)12(3)4/h5-8,11-12,15,17H,9-10H2,1-4H3. The molecule has 0 heterocycles. The summed E-state index contributed by atoms with van der Waals surface area (Å²) in [7, 11) is -3.56. The van der Waals surface area contributed by atoms with E-state index in [4.69, 9.17) is 0 Å². The zero-order valence-electron chi connectivity index (χ0n) is 12.5. The van der Waals surface area contributed by atoms with Crippen molar-refractivity contribution in [1.82, 2.24) is 4.72 Å². The lowest BCUT2D eigenvalue weighted by atomic mass is 10.2. The van der Waals surface area contributed by atoms with Crippen LogP contribution in [-0.4, -0.2) is 38.8 Å². The van der Waals surface area contributed by atoms with Crippen LogP contribution in [0.15, 0.2) is 29.2 Å². The molecule has 0 saturated carbocycles. The van der Waals surface area contributed by atoms with Gasteiger partial charge < -0.3 is 10.0 Å². The van der Waals surface area contributed by atoms with E-state index < -0.39 is 10.0 Å². The highest BCUT2D eigenvalue weighted by molar-refractivity contribution is 7.89. The van der Waals surface area contributed by atoms with E-state index in [1.165, 1.54) is 0 Å². The lowest BCUT2D eigenvalue weighted by molar-refractivity contribution is 0.298. The van der Waals surface area contributed by atoms with Crippen LogP contribution in [0.5, 0.6) is 0 Å². The van der Waals surface area contributed by atoms with E-state index in [0.717, 1.165) is 0 Å². The molecule has 0 atom stereocenters. The number of benzene rings is 1. The van der Waals surface area contributed by atoms with Gasteiger partial charge in [0.15, 0.2) is 0 Å². The number of aliphatic hydroxyl groups is 1. The first-order valence-corrected chi connectivity index (χ1v) is 8.26. The normalized spacial score (nSPS) is 12.2. The molecule has 1 aromatic rings. The van der Waals surface area contributed by atoms with Gasteiger partial charge in [-0.15, -0.1) is 0 Å².